The van der Waals surface area contributed by atoms with Crippen molar-refractivity contribution in [1.82, 2.24) is 15.1 Å². The van der Waals surface area contributed by atoms with E-state index < -0.39 is 0 Å². The fourth-order valence-electron chi connectivity index (χ4n) is 1.23. The molecule has 0 saturated carbocycles. The summed E-state index contributed by atoms with van der Waals surface area (Å²) in [5, 5.41) is 7.61. The highest BCUT2D eigenvalue weighted by Gasteiger charge is 2.01. The molecule has 0 aromatic carbocycles. The van der Waals surface area contributed by atoms with E-state index in [2.05, 4.69) is 30.5 Å². The number of halogens is 1. The van der Waals surface area contributed by atoms with Crippen LogP contribution in [0.3, 0.4) is 0 Å². The summed E-state index contributed by atoms with van der Waals surface area (Å²) in [6.07, 6.45) is 4.98. The van der Waals surface area contributed by atoms with Crippen LogP contribution in [0.25, 0.3) is 0 Å². The molecule has 0 aliphatic rings. The molecule has 1 aromatic heterocycles. The Labute approximate surface area is 90.4 Å². The summed E-state index contributed by atoms with van der Waals surface area (Å²) in [6.45, 7) is 6.03. The second kappa shape index (κ2) is 6.04. The van der Waals surface area contributed by atoms with Crippen LogP contribution >= 0.6 is 11.6 Å². The van der Waals surface area contributed by atoms with Gasteiger partial charge in [0.15, 0.2) is 0 Å². The first-order valence-corrected chi connectivity index (χ1v) is 5.60. The van der Waals surface area contributed by atoms with E-state index in [9.17, 15) is 0 Å². The molecule has 0 bridgehead atoms. The Kier molecular flexibility index (Phi) is 4.98. The maximum absolute atomic E-state index is 5.65. The lowest BCUT2D eigenvalue weighted by atomic mass is 10.2. The molecule has 14 heavy (non-hydrogen) atoms. The number of hydrogen-bond donors (Lipinski definition) is 1. The van der Waals surface area contributed by atoms with Crippen molar-refractivity contribution < 1.29 is 0 Å². The predicted molar refractivity (Wildman–Crippen MR) is 59.5 cm³/mol. The molecule has 1 heterocycles. The topological polar surface area (TPSA) is 29.9 Å². The average molecular weight is 216 g/mol. The summed E-state index contributed by atoms with van der Waals surface area (Å²) in [7, 11) is 0. The van der Waals surface area contributed by atoms with Gasteiger partial charge in [-0.15, -0.1) is 11.6 Å². The van der Waals surface area contributed by atoms with E-state index in [1.807, 2.05) is 10.9 Å². The summed E-state index contributed by atoms with van der Waals surface area (Å²) in [6, 6.07) is 0.470. The number of rotatable bonds is 6. The molecule has 0 radical (unpaired) electrons. The van der Waals surface area contributed by atoms with Gasteiger partial charge in [-0.1, -0.05) is 0 Å². The maximum atomic E-state index is 5.65. The van der Waals surface area contributed by atoms with Crippen LogP contribution in [0.2, 0.25) is 0 Å². The van der Waals surface area contributed by atoms with E-state index in [1.54, 1.807) is 0 Å². The van der Waals surface area contributed by atoms with Gasteiger partial charge in [-0.2, -0.15) is 5.10 Å². The molecule has 1 rings (SSSR count). The van der Waals surface area contributed by atoms with Crippen molar-refractivity contribution in [1.29, 1.82) is 0 Å². The van der Waals surface area contributed by atoms with Crippen molar-refractivity contribution >= 4 is 11.6 Å². The minimum Gasteiger partial charge on any atom is -0.310 e. The first-order chi connectivity index (χ1) is 6.76. The van der Waals surface area contributed by atoms with Crippen LogP contribution in [-0.2, 0) is 13.1 Å². The molecule has 0 aliphatic carbocycles. The Balaban J connectivity index is 2.30. The Morgan fingerprint density at radius 3 is 3.00 bits per heavy atom. The monoisotopic (exact) mass is 215 g/mol. The van der Waals surface area contributed by atoms with Crippen molar-refractivity contribution in [2.24, 2.45) is 0 Å². The Morgan fingerprint density at radius 2 is 2.43 bits per heavy atom. The summed E-state index contributed by atoms with van der Waals surface area (Å²) in [5.41, 5.74) is 1.23. The Hall–Kier alpha value is -0.540. The molecule has 1 aromatic rings. The smallest absolute Gasteiger partial charge is 0.0534 e. The van der Waals surface area contributed by atoms with Gasteiger partial charge in [-0.05, 0) is 20.3 Å². The van der Waals surface area contributed by atoms with E-state index >= 15 is 0 Å². The summed E-state index contributed by atoms with van der Waals surface area (Å²) >= 11 is 5.65. The highest BCUT2D eigenvalue weighted by Crippen LogP contribution is 1.99. The molecule has 3 nitrogen and oxygen atoms in total. The third kappa shape index (κ3) is 3.68. The van der Waals surface area contributed by atoms with Gasteiger partial charge in [-0.25, -0.2) is 0 Å². The van der Waals surface area contributed by atoms with Gasteiger partial charge < -0.3 is 5.32 Å². The van der Waals surface area contributed by atoms with Crippen LogP contribution in [0.4, 0.5) is 0 Å². The zero-order valence-electron chi connectivity index (χ0n) is 8.83. The number of hydrogen-bond acceptors (Lipinski definition) is 2. The molecular weight excluding hydrogens is 198 g/mol. The van der Waals surface area contributed by atoms with Crippen molar-refractivity contribution in [3.63, 3.8) is 0 Å². The molecule has 0 amide bonds. The zero-order chi connectivity index (χ0) is 10.4. The molecule has 0 aliphatic heterocycles. The molecule has 0 saturated heterocycles. The fraction of sp³-hybridized carbons (Fsp3) is 0.700. The van der Waals surface area contributed by atoms with E-state index in [4.69, 9.17) is 11.6 Å². The van der Waals surface area contributed by atoms with Gasteiger partial charge in [0.05, 0.1) is 6.20 Å². The van der Waals surface area contributed by atoms with Gasteiger partial charge >= 0.3 is 0 Å². The number of aryl methyl sites for hydroxylation is 1. The van der Waals surface area contributed by atoms with Gasteiger partial charge in [0.2, 0.25) is 0 Å². The number of aromatic nitrogens is 2. The van der Waals surface area contributed by atoms with Crippen molar-refractivity contribution in [3.8, 4) is 0 Å². The van der Waals surface area contributed by atoms with E-state index in [-0.39, 0.29) is 0 Å². The van der Waals surface area contributed by atoms with Crippen LogP contribution < -0.4 is 5.32 Å². The zero-order valence-corrected chi connectivity index (χ0v) is 9.59. The second-order valence-corrected chi connectivity index (χ2v) is 3.84. The summed E-state index contributed by atoms with van der Waals surface area (Å²) in [4.78, 5) is 0. The predicted octanol–water partition coefficient (Wildman–Crippen LogP) is 2.01. The average Bonchev–Trinajstić information content (AvgIpc) is 2.63. The van der Waals surface area contributed by atoms with Crippen LogP contribution in [0.15, 0.2) is 12.4 Å². The highest BCUT2D eigenvalue weighted by molar-refractivity contribution is 6.17. The van der Waals surface area contributed by atoms with Crippen molar-refractivity contribution in [2.75, 3.05) is 5.88 Å². The first kappa shape index (κ1) is 11.5. The molecule has 1 unspecified atom stereocenters. The van der Waals surface area contributed by atoms with Crippen LogP contribution in [0, 0.1) is 0 Å². The van der Waals surface area contributed by atoms with Gasteiger partial charge in [0, 0.05) is 36.8 Å². The van der Waals surface area contributed by atoms with Crippen LogP contribution in [0.5, 0.6) is 0 Å². The minimum atomic E-state index is 0.470. The normalized spacial score (nSPS) is 13.1. The van der Waals surface area contributed by atoms with Crippen molar-refractivity contribution in [2.45, 2.75) is 39.4 Å². The van der Waals surface area contributed by atoms with Gasteiger partial charge in [-0.3, -0.25) is 4.68 Å². The van der Waals surface area contributed by atoms with E-state index in [0.29, 0.717) is 11.9 Å². The molecule has 0 fully saturated rings. The molecule has 0 spiro atoms. The van der Waals surface area contributed by atoms with Gasteiger partial charge in [0.25, 0.3) is 0 Å². The Morgan fingerprint density at radius 1 is 1.64 bits per heavy atom. The summed E-state index contributed by atoms with van der Waals surface area (Å²) in [5.74, 6) is 0.711. The maximum Gasteiger partial charge on any atom is 0.0534 e. The van der Waals surface area contributed by atoms with E-state index in [0.717, 1.165) is 19.5 Å². The van der Waals surface area contributed by atoms with Gasteiger partial charge in [0.1, 0.15) is 0 Å². The second-order valence-electron chi connectivity index (χ2n) is 3.46. The standard InChI is InChI=1S/C10H18ClN3/c1-3-14-8-10(7-13-14)6-12-9(2)4-5-11/h7-9,12H,3-6H2,1-2H3. The third-order valence-corrected chi connectivity index (χ3v) is 2.43. The molecule has 4 heteroatoms. The molecule has 1 N–H and O–H groups in total. The SMILES string of the molecule is CCn1cc(CNC(C)CCCl)cn1. The number of nitrogens with zero attached hydrogens (tertiary/aromatic N) is 2. The fourth-order valence-corrected chi connectivity index (χ4v) is 1.56. The molecular formula is C10H18ClN3. The summed E-state index contributed by atoms with van der Waals surface area (Å²) < 4.78 is 1.93. The third-order valence-electron chi connectivity index (χ3n) is 2.21. The number of alkyl halides is 1. The quantitative estimate of drug-likeness (QED) is 0.736. The molecule has 1 atom stereocenters. The van der Waals surface area contributed by atoms with Crippen LogP contribution in [0.1, 0.15) is 25.8 Å². The first-order valence-electron chi connectivity index (χ1n) is 5.07. The van der Waals surface area contributed by atoms with Crippen LogP contribution in [-0.4, -0.2) is 21.7 Å². The molecule has 80 valence electrons. The lowest BCUT2D eigenvalue weighted by Crippen LogP contribution is -2.25. The minimum absolute atomic E-state index is 0.470. The highest BCUT2D eigenvalue weighted by atomic mass is 35.5. The lowest BCUT2D eigenvalue weighted by Gasteiger charge is -2.10. The number of nitrogens with one attached hydrogen (secondary N) is 1. The Bertz CT molecular complexity index is 260. The largest absolute Gasteiger partial charge is 0.310 e. The lowest BCUT2D eigenvalue weighted by molar-refractivity contribution is 0.536. The van der Waals surface area contributed by atoms with E-state index in [1.165, 1.54) is 5.56 Å². The van der Waals surface area contributed by atoms with Crippen molar-refractivity contribution in [3.05, 3.63) is 18.0 Å².